The summed E-state index contributed by atoms with van der Waals surface area (Å²) in [5.74, 6) is -0.468. The molecule has 3 heterocycles. The van der Waals surface area contributed by atoms with E-state index in [2.05, 4.69) is 10.3 Å². The van der Waals surface area contributed by atoms with E-state index in [0.717, 1.165) is 10.8 Å². The van der Waals surface area contributed by atoms with Gasteiger partial charge in [0.1, 0.15) is 11.9 Å². The molecule has 1 aromatic heterocycles. The third kappa shape index (κ3) is 1.59. The molecule has 2 aliphatic rings. The van der Waals surface area contributed by atoms with E-state index in [0.29, 0.717) is 17.8 Å². The molecule has 2 aromatic rings. The second kappa shape index (κ2) is 4.12. The van der Waals surface area contributed by atoms with Gasteiger partial charge in [-0.2, -0.15) is 0 Å². The Morgan fingerprint density at radius 2 is 2.05 bits per heavy atom. The number of pyridine rings is 1. The number of hydrogen-bond donors (Lipinski definition) is 1. The molecule has 0 bridgehead atoms. The molecule has 4 rings (SSSR count). The van der Waals surface area contributed by atoms with Crippen molar-refractivity contribution in [1.82, 2.24) is 10.3 Å². The molecule has 6 nitrogen and oxygen atoms in total. The maximum atomic E-state index is 12.6. The lowest BCUT2D eigenvalue weighted by Gasteiger charge is -2.29. The Hall–Kier alpha value is -2.76. The van der Waals surface area contributed by atoms with Gasteiger partial charge in [-0.3, -0.25) is 24.6 Å². The average Bonchev–Trinajstić information content (AvgIpc) is 2.75. The van der Waals surface area contributed by atoms with Crippen molar-refractivity contribution in [1.29, 1.82) is 0 Å². The third-order valence-electron chi connectivity index (χ3n) is 3.97. The fraction of sp³-hybridized carbons (Fsp3) is 0.200. The molecule has 1 unspecified atom stereocenters. The van der Waals surface area contributed by atoms with Crippen LogP contribution in [0.2, 0.25) is 0 Å². The Bertz CT molecular complexity index is 810. The maximum Gasteiger partial charge on any atom is 0.260 e. The number of nitrogens with zero attached hydrogens (tertiary/aromatic N) is 2. The first-order chi connectivity index (χ1) is 10.2. The van der Waals surface area contributed by atoms with Crippen molar-refractivity contribution >= 4 is 34.3 Å². The predicted octanol–water partition coefficient (Wildman–Crippen LogP) is 1.00. The van der Waals surface area contributed by atoms with Gasteiger partial charge in [-0.1, -0.05) is 12.1 Å². The van der Waals surface area contributed by atoms with Crippen LogP contribution in [0.15, 0.2) is 30.5 Å². The van der Waals surface area contributed by atoms with Crippen LogP contribution in [0.5, 0.6) is 0 Å². The van der Waals surface area contributed by atoms with Gasteiger partial charge in [0.2, 0.25) is 11.8 Å². The minimum atomic E-state index is -0.680. The van der Waals surface area contributed by atoms with Crippen LogP contribution in [-0.4, -0.2) is 28.7 Å². The van der Waals surface area contributed by atoms with Crippen molar-refractivity contribution in [2.75, 3.05) is 4.90 Å². The second-order valence-corrected chi connectivity index (χ2v) is 5.18. The summed E-state index contributed by atoms with van der Waals surface area (Å²) in [6, 6.07) is 6.62. The Labute approximate surface area is 119 Å². The lowest BCUT2D eigenvalue weighted by Crippen LogP contribution is -2.53. The van der Waals surface area contributed by atoms with Crippen LogP contribution < -0.4 is 10.2 Å². The normalized spacial score (nSPS) is 21.0. The van der Waals surface area contributed by atoms with Crippen molar-refractivity contribution in [3.8, 4) is 0 Å². The Kier molecular flexibility index (Phi) is 2.35. The fourth-order valence-electron chi connectivity index (χ4n) is 3.02. The standard InChI is InChI=1S/C15H11N3O3/c19-11-5-4-10(14(20)17-11)18-13-12-8(6-7-16-13)2-1-3-9(12)15(18)21/h1-3,6-7,10H,4-5H2,(H,17,19,20). The minimum Gasteiger partial charge on any atom is -0.295 e. The summed E-state index contributed by atoms with van der Waals surface area (Å²) in [6.07, 6.45) is 2.17. The van der Waals surface area contributed by atoms with Gasteiger partial charge in [-0.15, -0.1) is 0 Å². The molecule has 2 aliphatic heterocycles. The molecule has 21 heavy (non-hydrogen) atoms. The van der Waals surface area contributed by atoms with Crippen molar-refractivity contribution in [2.45, 2.75) is 18.9 Å². The van der Waals surface area contributed by atoms with Crippen LogP contribution >= 0.6 is 0 Å². The van der Waals surface area contributed by atoms with Crippen LogP contribution in [0.4, 0.5) is 5.82 Å². The summed E-state index contributed by atoms with van der Waals surface area (Å²) in [4.78, 5) is 41.6. The summed E-state index contributed by atoms with van der Waals surface area (Å²) in [6.45, 7) is 0. The highest BCUT2D eigenvalue weighted by molar-refractivity contribution is 6.26. The van der Waals surface area contributed by atoms with Gasteiger partial charge < -0.3 is 0 Å². The highest BCUT2D eigenvalue weighted by Gasteiger charge is 2.41. The van der Waals surface area contributed by atoms with E-state index >= 15 is 0 Å². The number of amides is 3. The van der Waals surface area contributed by atoms with Crippen molar-refractivity contribution in [3.63, 3.8) is 0 Å². The van der Waals surface area contributed by atoms with E-state index < -0.39 is 11.9 Å². The molecular formula is C15H11N3O3. The predicted molar refractivity (Wildman–Crippen MR) is 74.7 cm³/mol. The first kappa shape index (κ1) is 12.0. The number of carbonyl (C=O) groups is 3. The zero-order chi connectivity index (χ0) is 14.6. The highest BCUT2D eigenvalue weighted by atomic mass is 16.2. The molecule has 0 radical (unpaired) electrons. The molecule has 3 amide bonds. The van der Waals surface area contributed by atoms with Crippen LogP contribution in [-0.2, 0) is 9.59 Å². The molecule has 1 fully saturated rings. The summed E-state index contributed by atoms with van der Waals surface area (Å²) < 4.78 is 0. The first-order valence-electron chi connectivity index (χ1n) is 6.72. The van der Waals surface area contributed by atoms with Crippen LogP contribution in [0.1, 0.15) is 23.2 Å². The monoisotopic (exact) mass is 281 g/mol. The number of nitrogens with one attached hydrogen (secondary N) is 1. The van der Waals surface area contributed by atoms with E-state index in [9.17, 15) is 14.4 Å². The Morgan fingerprint density at radius 1 is 1.19 bits per heavy atom. The van der Waals surface area contributed by atoms with Gasteiger partial charge in [0.25, 0.3) is 5.91 Å². The summed E-state index contributed by atoms with van der Waals surface area (Å²) >= 11 is 0. The molecule has 1 atom stereocenters. The molecule has 0 spiro atoms. The zero-order valence-electron chi connectivity index (χ0n) is 11.0. The number of benzene rings is 1. The van der Waals surface area contributed by atoms with Crippen LogP contribution in [0, 0.1) is 0 Å². The van der Waals surface area contributed by atoms with Gasteiger partial charge in [-0.05, 0) is 23.9 Å². The smallest absolute Gasteiger partial charge is 0.260 e. The number of rotatable bonds is 1. The fourth-order valence-corrected chi connectivity index (χ4v) is 3.02. The van der Waals surface area contributed by atoms with Crippen molar-refractivity contribution < 1.29 is 14.4 Å². The number of hydrogen-bond acceptors (Lipinski definition) is 4. The van der Waals surface area contributed by atoms with E-state index in [-0.39, 0.29) is 18.2 Å². The maximum absolute atomic E-state index is 12.6. The van der Waals surface area contributed by atoms with Gasteiger partial charge in [0.05, 0.1) is 5.56 Å². The average molecular weight is 281 g/mol. The van der Waals surface area contributed by atoms with E-state index in [1.807, 2.05) is 18.2 Å². The van der Waals surface area contributed by atoms with Crippen molar-refractivity contribution in [2.24, 2.45) is 0 Å². The zero-order valence-corrected chi connectivity index (χ0v) is 11.0. The number of carbonyl (C=O) groups excluding carboxylic acids is 3. The SMILES string of the molecule is O=C1CCC(N2C(=O)c3cccc4ccnc2c34)C(=O)N1. The summed E-state index contributed by atoms with van der Waals surface area (Å²) in [5, 5.41) is 3.98. The molecule has 1 N–H and O–H groups in total. The van der Waals surface area contributed by atoms with Gasteiger partial charge >= 0.3 is 0 Å². The highest BCUT2D eigenvalue weighted by Crippen LogP contribution is 2.37. The second-order valence-electron chi connectivity index (χ2n) is 5.18. The summed E-state index contributed by atoms with van der Waals surface area (Å²) in [7, 11) is 0. The molecule has 6 heteroatoms. The first-order valence-corrected chi connectivity index (χ1v) is 6.72. The number of aromatic nitrogens is 1. The minimum absolute atomic E-state index is 0.229. The Balaban J connectivity index is 1.86. The third-order valence-corrected chi connectivity index (χ3v) is 3.97. The quantitative estimate of drug-likeness (QED) is 0.791. The molecule has 104 valence electrons. The van der Waals surface area contributed by atoms with Gasteiger partial charge in [-0.25, -0.2) is 4.98 Å². The van der Waals surface area contributed by atoms with Crippen LogP contribution in [0.3, 0.4) is 0 Å². The van der Waals surface area contributed by atoms with Crippen LogP contribution in [0.25, 0.3) is 10.8 Å². The van der Waals surface area contributed by atoms with E-state index in [4.69, 9.17) is 0 Å². The molecule has 1 aromatic carbocycles. The lowest BCUT2D eigenvalue weighted by molar-refractivity contribution is -0.134. The summed E-state index contributed by atoms with van der Waals surface area (Å²) in [5.41, 5.74) is 0.556. The lowest BCUT2D eigenvalue weighted by atomic mass is 10.0. The largest absolute Gasteiger partial charge is 0.295 e. The van der Waals surface area contributed by atoms with Gasteiger partial charge in [0, 0.05) is 18.0 Å². The topological polar surface area (TPSA) is 79.4 Å². The molecule has 1 saturated heterocycles. The number of piperidine rings is 1. The van der Waals surface area contributed by atoms with E-state index in [1.54, 1.807) is 12.3 Å². The Morgan fingerprint density at radius 3 is 2.86 bits per heavy atom. The molecular weight excluding hydrogens is 270 g/mol. The number of anilines is 1. The molecule has 0 saturated carbocycles. The van der Waals surface area contributed by atoms with Crippen molar-refractivity contribution in [3.05, 3.63) is 36.0 Å². The van der Waals surface area contributed by atoms with Gasteiger partial charge in [0.15, 0.2) is 0 Å². The molecule has 0 aliphatic carbocycles. The van der Waals surface area contributed by atoms with E-state index in [1.165, 1.54) is 4.90 Å². The number of imide groups is 1.